The highest BCUT2D eigenvalue weighted by Crippen LogP contribution is 2.35. The van der Waals surface area contributed by atoms with Crippen LogP contribution in [-0.2, 0) is 0 Å². The maximum Gasteiger partial charge on any atom is 0.409 e. The van der Waals surface area contributed by atoms with Crippen molar-refractivity contribution in [2.75, 3.05) is 5.32 Å². The predicted molar refractivity (Wildman–Crippen MR) is 78.9 cm³/mol. The average Bonchev–Trinajstić information content (AvgIpc) is 2.83. The highest BCUT2D eigenvalue weighted by molar-refractivity contribution is 7.15. The van der Waals surface area contributed by atoms with Crippen molar-refractivity contribution in [2.45, 2.75) is 0 Å². The van der Waals surface area contributed by atoms with Crippen LogP contribution in [0.5, 0.6) is 0 Å². The summed E-state index contributed by atoms with van der Waals surface area (Å²) in [4.78, 5) is 11.8. The molecule has 0 saturated carbocycles. The van der Waals surface area contributed by atoms with E-state index < -0.39 is 6.09 Å². The summed E-state index contributed by atoms with van der Waals surface area (Å²) < 4.78 is 0. The molecule has 0 fully saturated rings. The third kappa shape index (κ3) is 2.30. The highest BCUT2D eigenvalue weighted by atomic mass is 32.1. The first kappa shape index (κ1) is 11.7. The van der Waals surface area contributed by atoms with Gasteiger partial charge in [-0.05, 0) is 28.5 Å². The Kier molecular flexibility index (Phi) is 2.93. The lowest BCUT2D eigenvalue weighted by Crippen LogP contribution is -2.06. The molecule has 3 aromatic rings. The number of hydrogen-bond acceptors (Lipinski definition) is 2. The Bertz CT molecular complexity index is 731. The molecule has 0 unspecified atom stereocenters. The average molecular weight is 269 g/mol. The van der Waals surface area contributed by atoms with Crippen molar-refractivity contribution in [3.8, 4) is 10.4 Å². The van der Waals surface area contributed by atoms with Gasteiger partial charge in [-0.15, -0.1) is 11.3 Å². The molecule has 0 aliphatic rings. The number of anilines is 1. The van der Waals surface area contributed by atoms with Crippen molar-refractivity contribution in [3.05, 3.63) is 53.9 Å². The lowest BCUT2D eigenvalue weighted by atomic mass is 10.1. The van der Waals surface area contributed by atoms with E-state index >= 15 is 0 Å². The maximum absolute atomic E-state index is 10.5. The zero-order valence-corrected chi connectivity index (χ0v) is 10.8. The van der Waals surface area contributed by atoms with Crippen molar-refractivity contribution in [2.24, 2.45) is 0 Å². The Hall–Kier alpha value is -2.33. The monoisotopic (exact) mass is 269 g/mol. The first-order chi connectivity index (χ1) is 9.24. The van der Waals surface area contributed by atoms with E-state index in [4.69, 9.17) is 5.11 Å². The molecule has 0 radical (unpaired) electrons. The Balaban J connectivity index is 2.00. The number of hydrogen-bond donors (Lipinski definition) is 2. The molecule has 19 heavy (non-hydrogen) atoms. The largest absolute Gasteiger partial charge is 0.465 e. The summed E-state index contributed by atoms with van der Waals surface area (Å²) in [7, 11) is 0. The Morgan fingerprint density at radius 2 is 1.79 bits per heavy atom. The second kappa shape index (κ2) is 4.74. The minimum Gasteiger partial charge on any atom is -0.465 e. The molecule has 1 aromatic heterocycles. The SMILES string of the molecule is O=C(O)Nc1ccc(-c2scc3ccccc23)cc1. The first-order valence-electron chi connectivity index (χ1n) is 5.80. The van der Waals surface area contributed by atoms with Gasteiger partial charge in [-0.3, -0.25) is 5.32 Å². The first-order valence-corrected chi connectivity index (χ1v) is 6.68. The normalized spacial score (nSPS) is 10.5. The Labute approximate surface area is 114 Å². The third-order valence-electron chi connectivity index (χ3n) is 2.91. The van der Waals surface area contributed by atoms with E-state index in [2.05, 4.69) is 22.8 Å². The van der Waals surface area contributed by atoms with Gasteiger partial charge in [0.25, 0.3) is 0 Å². The van der Waals surface area contributed by atoms with Crippen molar-refractivity contribution in [1.82, 2.24) is 0 Å². The Morgan fingerprint density at radius 3 is 2.53 bits per heavy atom. The van der Waals surface area contributed by atoms with Gasteiger partial charge >= 0.3 is 6.09 Å². The number of rotatable bonds is 2. The fourth-order valence-electron chi connectivity index (χ4n) is 2.04. The number of amides is 1. The van der Waals surface area contributed by atoms with Gasteiger partial charge in [0.1, 0.15) is 0 Å². The topological polar surface area (TPSA) is 49.3 Å². The molecule has 0 bridgehead atoms. The van der Waals surface area contributed by atoms with Crippen LogP contribution in [0.4, 0.5) is 10.5 Å². The van der Waals surface area contributed by atoms with Crippen LogP contribution in [0.15, 0.2) is 53.9 Å². The minimum absolute atomic E-state index is 0.581. The van der Waals surface area contributed by atoms with Gasteiger partial charge < -0.3 is 5.11 Å². The quantitative estimate of drug-likeness (QED) is 0.711. The molecule has 0 saturated heterocycles. The van der Waals surface area contributed by atoms with E-state index in [-0.39, 0.29) is 0 Å². The number of benzene rings is 2. The summed E-state index contributed by atoms with van der Waals surface area (Å²) in [5.74, 6) is 0. The lowest BCUT2D eigenvalue weighted by Gasteiger charge is -2.03. The predicted octanol–water partition coefficient (Wildman–Crippen LogP) is 4.66. The van der Waals surface area contributed by atoms with Crippen LogP contribution < -0.4 is 5.32 Å². The second-order valence-electron chi connectivity index (χ2n) is 4.16. The van der Waals surface area contributed by atoms with Gasteiger partial charge in [0.15, 0.2) is 0 Å². The molecular formula is C15H11NO2S. The van der Waals surface area contributed by atoms with E-state index in [0.29, 0.717) is 5.69 Å². The number of nitrogens with one attached hydrogen (secondary N) is 1. The van der Waals surface area contributed by atoms with Crippen LogP contribution >= 0.6 is 11.3 Å². The molecule has 1 amide bonds. The highest BCUT2D eigenvalue weighted by Gasteiger charge is 2.06. The number of carboxylic acid groups (broad SMARTS) is 1. The molecule has 2 aromatic carbocycles. The van der Waals surface area contributed by atoms with Crippen LogP contribution in [0.3, 0.4) is 0 Å². The fraction of sp³-hybridized carbons (Fsp3) is 0. The van der Waals surface area contributed by atoms with Crippen LogP contribution in [0.2, 0.25) is 0 Å². The van der Waals surface area contributed by atoms with E-state index in [1.807, 2.05) is 24.3 Å². The van der Waals surface area contributed by atoms with Crippen molar-refractivity contribution in [3.63, 3.8) is 0 Å². The maximum atomic E-state index is 10.5. The van der Waals surface area contributed by atoms with Crippen LogP contribution in [0, 0.1) is 0 Å². The van der Waals surface area contributed by atoms with Crippen molar-refractivity contribution in [1.29, 1.82) is 0 Å². The van der Waals surface area contributed by atoms with Crippen molar-refractivity contribution >= 4 is 33.9 Å². The van der Waals surface area contributed by atoms with Gasteiger partial charge in [0, 0.05) is 16.0 Å². The molecule has 2 N–H and O–H groups in total. The van der Waals surface area contributed by atoms with Crippen molar-refractivity contribution < 1.29 is 9.90 Å². The second-order valence-corrected chi connectivity index (χ2v) is 5.04. The third-order valence-corrected chi connectivity index (χ3v) is 3.97. The summed E-state index contributed by atoms with van der Waals surface area (Å²) in [5.41, 5.74) is 1.68. The van der Waals surface area contributed by atoms with Gasteiger partial charge in [-0.25, -0.2) is 4.79 Å². The van der Waals surface area contributed by atoms with E-state index in [9.17, 15) is 4.79 Å². The summed E-state index contributed by atoms with van der Waals surface area (Å²) >= 11 is 1.70. The molecular weight excluding hydrogens is 258 g/mol. The zero-order valence-electron chi connectivity index (χ0n) is 9.96. The van der Waals surface area contributed by atoms with E-state index in [0.717, 1.165) is 5.56 Å². The van der Waals surface area contributed by atoms with Gasteiger partial charge in [0.05, 0.1) is 0 Å². The lowest BCUT2D eigenvalue weighted by molar-refractivity contribution is 0.210. The molecule has 1 heterocycles. The summed E-state index contributed by atoms with van der Waals surface area (Å²) in [5, 5.41) is 15.6. The van der Waals surface area contributed by atoms with Crippen LogP contribution in [-0.4, -0.2) is 11.2 Å². The number of fused-ring (bicyclic) bond motifs is 1. The van der Waals surface area contributed by atoms with Gasteiger partial charge in [-0.2, -0.15) is 0 Å². The minimum atomic E-state index is -1.05. The molecule has 0 aliphatic heterocycles. The molecule has 94 valence electrons. The fourth-order valence-corrected chi connectivity index (χ4v) is 3.08. The summed E-state index contributed by atoms with van der Waals surface area (Å²) in [6.45, 7) is 0. The van der Waals surface area contributed by atoms with E-state index in [1.165, 1.54) is 15.6 Å². The van der Waals surface area contributed by atoms with Gasteiger partial charge in [-0.1, -0.05) is 36.4 Å². The molecule has 0 atom stereocenters. The van der Waals surface area contributed by atoms with Crippen LogP contribution in [0.1, 0.15) is 0 Å². The molecule has 0 aliphatic carbocycles. The summed E-state index contributed by atoms with van der Waals surface area (Å²) in [6, 6.07) is 15.7. The standard InChI is InChI=1S/C15H11NO2S/c17-15(18)16-12-7-5-10(6-8-12)14-13-4-2-1-3-11(13)9-19-14/h1-9,16H,(H,17,18). The summed E-state index contributed by atoms with van der Waals surface area (Å²) in [6.07, 6.45) is -1.05. The smallest absolute Gasteiger partial charge is 0.409 e. The van der Waals surface area contributed by atoms with E-state index in [1.54, 1.807) is 23.5 Å². The number of carbonyl (C=O) groups is 1. The molecule has 3 rings (SSSR count). The molecule has 0 spiro atoms. The number of thiophene rings is 1. The molecule has 3 nitrogen and oxygen atoms in total. The van der Waals surface area contributed by atoms with Gasteiger partial charge in [0.2, 0.25) is 0 Å². The van der Waals surface area contributed by atoms with Crippen LogP contribution in [0.25, 0.3) is 21.2 Å². The molecule has 4 heteroatoms. The zero-order chi connectivity index (χ0) is 13.2. The Morgan fingerprint density at radius 1 is 1.05 bits per heavy atom.